The summed E-state index contributed by atoms with van der Waals surface area (Å²) < 4.78 is 7.47. The summed E-state index contributed by atoms with van der Waals surface area (Å²) in [6.45, 7) is 1.20. The van der Waals surface area contributed by atoms with Crippen LogP contribution in [0.1, 0.15) is 16.8 Å². The summed E-state index contributed by atoms with van der Waals surface area (Å²) in [7, 11) is 1.65. The average molecular weight is 366 g/mol. The number of imidazole rings is 1. The molecule has 0 aliphatic rings. The molecule has 2 N–H and O–H groups in total. The normalized spacial score (nSPS) is 11.4. The van der Waals surface area contributed by atoms with Crippen LogP contribution in [0.5, 0.6) is 0 Å². The predicted octanol–water partition coefficient (Wildman–Crippen LogP) is 3.46. The molecule has 0 atom stereocenters. The lowest BCUT2D eigenvalue weighted by Gasteiger charge is -2.07. The standard InChI is InChI=1S/C19H18N4O2S/c1-25-10-4-9-20-18(24)12-7-8-13-15(11-12)22-19(26)23-16-6-3-2-5-14(16)21-17(13)23/h2-3,5-8,11H,4,9-10H2,1H3,(H,20,24)(H,22,26). The second kappa shape index (κ2) is 6.86. The summed E-state index contributed by atoms with van der Waals surface area (Å²) in [5.41, 5.74) is 4.02. The summed E-state index contributed by atoms with van der Waals surface area (Å²) in [6, 6.07) is 13.4. The second-order valence-corrected chi connectivity index (χ2v) is 6.44. The van der Waals surface area contributed by atoms with E-state index < -0.39 is 0 Å². The van der Waals surface area contributed by atoms with Gasteiger partial charge in [0.2, 0.25) is 0 Å². The Morgan fingerprint density at radius 2 is 2.15 bits per heavy atom. The van der Waals surface area contributed by atoms with E-state index in [9.17, 15) is 4.79 Å². The first-order valence-corrected chi connectivity index (χ1v) is 8.80. The van der Waals surface area contributed by atoms with E-state index in [1.807, 2.05) is 46.9 Å². The summed E-state index contributed by atoms with van der Waals surface area (Å²) in [6.07, 6.45) is 0.777. The number of para-hydroxylation sites is 2. The van der Waals surface area contributed by atoms with Crippen LogP contribution >= 0.6 is 12.2 Å². The number of carbonyl (C=O) groups is 1. The Bertz CT molecular complexity index is 1180. The van der Waals surface area contributed by atoms with Gasteiger partial charge in [-0.25, -0.2) is 4.98 Å². The molecule has 0 bridgehead atoms. The van der Waals surface area contributed by atoms with E-state index in [1.54, 1.807) is 7.11 Å². The van der Waals surface area contributed by atoms with Crippen LogP contribution in [-0.2, 0) is 4.74 Å². The quantitative estimate of drug-likeness (QED) is 0.419. The molecule has 0 unspecified atom stereocenters. The molecule has 7 heteroatoms. The van der Waals surface area contributed by atoms with Crippen molar-refractivity contribution >= 4 is 45.7 Å². The molecule has 0 fully saturated rings. The Morgan fingerprint density at radius 3 is 3.00 bits per heavy atom. The number of hydrogen-bond acceptors (Lipinski definition) is 4. The van der Waals surface area contributed by atoms with Crippen LogP contribution in [0.2, 0.25) is 0 Å². The number of aromatic nitrogens is 3. The van der Waals surface area contributed by atoms with Crippen molar-refractivity contribution in [2.24, 2.45) is 0 Å². The van der Waals surface area contributed by atoms with Gasteiger partial charge in [0.1, 0.15) is 5.65 Å². The van der Waals surface area contributed by atoms with Gasteiger partial charge < -0.3 is 15.0 Å². The van der Waals surface area contributed by atoms with Gasteiger partial charge in [-0.2, -0.15) is 0 Å². The van der Waals surface area contributed by atoms with Crippen LogP contribution in [0.3, 0.4) is 0 Å². The zero-order valence-electron chi connectivity index (χ0n) is 14.3. The molecule has 0 saturated heterocycles. The fourth-order valence-corrected chi connectivity index (χ4v) is 3.38. The highest BCUT2D eigenvalue weighted by Crippen LogP contribution is 2.24. The zero-order chi connectivity index (χ0) is 18.1. The van der Waals surface area contributed by atoms with Gasteiger partial charge in [-0.15, -0.1) is 0 Å². The SMILES string of the molecule is COCCCNC(=O)c1ccc2c(c1)[nH]c(=S)n1c3ccccc3nc21. The van der Waals surface area contributed by atoms with Crippen LogP contribution in [0.4, 0.5) is 0 Å². The number of ether oxygens (including phenoxy) is 1. The Morgan fingerprint density at radius 1 is 1.31 bits per heavy atom. The average Bonchev–Trinajstić information content (AvgIpc) is 3.05. The van der Waals surface area contributed by atoms with Crippen molar-refractivity contribution < 1.29 is 9.53 Å². The topological polar surface area (TPSA) is 71.4 Å². The van der Waals surface area contributed by atoms with Gasteiger partial charge in [0.05, 0.1) is 16.6 Å². The van der Waals surface area contributed by atoms with Crippen LogP contribution in [0.15, 0.2) is 42.5 Å². The number of aromatic amines is 1. The Balaban J connectivity index is 1.77. The number of amides is 1. The minimum Gasteiger partial charge on any atom is -0.385 e. The third kappa shape index (κ3) is 2.85. The highest BCUT2D eigenvalue weighted by Gasteiger charge is 2.12. The largest absolute Gasteiger partial charge is 0.385 e. The van der Waals surface area contributed by atoms with Gasteiger partial charge in [-0.1, -0.05) is 12.1 Å². The minimum absolute atomic E-state index is 0.115. The fraction of sp³-hybridized carbons (Fsp3) is 0.211. The van der Waals surface area contributed by atoms with E-state index in [4.69, 9.17) is 21.9 Å². The molecule has 1 amide bonds. The lowest BCUT2D eigenvalue weighted by molar-refractivity contribution is 0.0948. The third-order valence-electron chi connectivity index (χ3n) is 4.34. The molecular formula is C19H18N4O2S. The van der Waals surface area contributed by atoms with Crippen molar-refractivity contribution in [1.29, 1.82) is 0 Å². The van der Waals surface area contributed by atoms with Crippen LogP contribution in [-0.4, -0.2) is 40.5 Å². The van der Waals surface area contributed by atoms with Crippen molar-refractivity contribution in [2.75, 3.05) is 20.3 Å². The van der Waals surface area contributed by atoms with E-state index in [-0.39, 0.29) is 5.91 Å². The number of nitrogens with one attached hydrogen (secondary N) is 2. The van der Waals surface area contributed by atoms with Crippen molar-refractivity contribution in [3.63, 3.8) is 0 Å². The number of fused-ring (bicyclic) bond motifs is 5. The van der Waals surface area contributed by atoms with Crippen LogP contribution < -0.4 is 5.32 Å². The molecule has 0 aliphatic carbocycles. The number of methoxy groups -OCH3 is 1. The maximum Gasteiger partial charge on any atom is 0.251 e. The number of benzene rings is 2. The molecule has 0 saturated carbocycles. The predicted molar refractivity (Wildman–Crippen MR) is 104 cm³/mol. The van der Waals surface area contributed by atoms with E-state index in [1.165, 1.54) is 0 Å². The number of carbonyl (C=O) groups excluding carboxylic acids is 1. The van der Waals surface area contributed by atoms with Gasteiger partial charge in [0.25, 0.3) is 5.91 Å². The summed E-state index contributed by atoms with van der Waals surface area (Å²) in [5, 5.41) is 3.81. The highest BCUT2D eigenvalue weighted by molar-refractivity contribution is 7.71. The van der Waals surface area contributed by atoms with E-state index in [0.29, 0.717) is 23.5 Å². The lowest BCUT2D eigenvalue weighted by Crippen LogP contribution is -2.25. The lowest BCUT2D eigenvalue weighted by atomic mass is 10.1. The van der Waals surface area contributed by atoms with Gasteiger partial charge in [0.15, 0.2) is 4.77 Å². The van der Waals surface area contributed by atoms with E-state index in [0.717, 1.165) is 34.0 Å². The summed E-state index contributed by atoms with van der Waals surface area (Å²) >= 11 is 5.52. The molecule has 2 aromatic heterocycles. The molecule has 0 spiro atoms. The maximum absolute atomic E-state index is 12.3. The number of H-pyrrole nitrogens is 1. The molecule has 132 valence electrons. The van der Waals surface area contributed by atoms with E-state index in [2.05, 4.69) is 10.3 Å². The maximum atomic E-state index is 12.3. The molecule has 26 heavy (non-hydrogen) atoms. The summed E-state index contributed by atoms with van der Waals surface area (Å²) in [4.78, 5) is 20.3. The third-order valence-corrected chi connectivity index (χ3v) is 4.62. The number of hydrogen-bond donors (Lipinski definition) is 2. The molecule has 4 aromatic rings. The van der Waals surface area contributed by atoms with E-state index >= 15 is 0 Å². The first-order chi connectivity index (χ1) is 12.7. The fourth-order valence-electron chi connectivity index (χ4n) is 3.09. The minimum atomic E-state index is -0.115. The number of nitrogens with zero attached hydrogens (tertiary/aromatic N) is 2. The molecule has 2 heterocycles. The van der Waals surface area contributed by atoms with Gasteiger partial charge in [-0.05, 0) is 49.0 Å². The van der Waals surface area contributed by atoms with Gasteiger partial charge >= 0.3 is 0 Å². The Kier molecular flexibility index (Phi) is 4.40. The van der Waals surface area contributed by atoms with Crippen molar-refractivity contribution in [2.45, 2.75) is 6.42 Å². The zero-order valence-corrected chi connectivity index (χ0v) is 15.1. The van der Waals surface area contributed by atoms with Crippen LogP contribution in [0, 0.1) is 4.77 Å². The molecule has 6 nitrogen and oxygen atoms in total. The molecule has 0 aliphatic heterocycles. The number of rotatable bonds is 5. The van der Waals surface area contributed by atoms with Crippen molar-refractivity contribution in [1.82, 2.24) is 19.7 Å². The highest BCUT2D eigenvalue weighted by atomic mass is 32.1. The first kappa shape index (κ1) is 16.7. The van der Waals surface area contributed by atoms with Crippen LogP contribution in [0.25, 0.3) is 27.6 Å². The summed E-state index contributed by atoms with van der Waals surface area (Å²) in [5.74, 6) is -0.115. The molecular weight excluding hydrogens is 348 g/mol. The van der Waals surface area contributed by atoms with Gasteiger partial charge in [0, 0.05) is 31.2 Å². The Hall–Kier alpha value is -2.77. The van der Waals surface area contributed by atoms with Crippen molar-refractivity contribution in [3.05, 3.63) is 52.8 Å². The first-order valence-electron chi connectivity index (χ1n) is 8.39. The molecule has 0 radical (unpaired) electrons. The van der Waals surface area contributed by atoms with Crippen molar-refractivity contribution in [3.8, 4) is 0 Å². The Labute approximate surface area is 154 Å². The second-order valence-electron chi connectivity index (χ2n) is 6.05. The van der Waals surface area contributed by atoms with Gasteiger partial charge in [-0.3, -0.25) is 9.20 Å². The molecule has 4 rings (SSSR count). The smallest absolute Gasteiger partial charge is 0.251 e. The molecule has 2 aromatic carbocycles. The monoisotopic (exact) mass is 366 g/mol.